The van der Waals surface area contributed by atoms with Gasteiger partial charge in [0.2, 0.25) is 0 Å². The number of aliphatic hydroxyl groups excluding tert-OH is 1. The molecule has 6 nitrogen and oxygen atoms in total. The van der Waals surface area contributed by atoms with Gasteiger partial charge in [0.1, 0.15) is 11.5 Å². The number of nitrogens with zero attached hydrogens (tertiary/aromatic N) is 3. The minimum Gasteiger partial charge on any atom is -0.392 e. The van der Waals surface area contributed by atoms with Crippen molar-refractivity contribution in [3.63, 3.8) is 0 Å². The van der Waals surface area contributed by atoms with Crippen LogP contribution in [0, 0.1) is 0 Å². The van der Waals surface area contributed by atoms with Crippen LogP contribution in [0.4, 0.5) is 5.82 Å². The van der Waals surface area contributed by atoms with E-state index in [-0.39, 0.29) is 12.5 Å². The number of hydrogen-bond donors (Lipinski definition) is 2. The number of aliphatic hydroxyl groups is 1. The summed E-state index contributed by atoms with van der Waals surface area (Å²) in [5.74, 6) is 0.519. The third-order valence-corrected chi connectivity index (χ3v) is 3.89. The van der Waals surface area contributed by atoms with Crippen molar-refractivity contribution in [2.45, 2.75) is 26.0 Å². The molecule has 0 bridgehead atoms. The number of aromatic nitrogens is 2. The van der Waals surface area contributed by atoms with Crippen LogP contribution in [0.5, 0.6) is 0 Å². The first kappa shape index (κ1) is 15.4. The zero-order valence-corrected chi connectivity index (χ0v) is 12.9. The molecule has 0 radical (unpaired) electrons. The molecule has 23 heavy (non-hydrogen) atoms. The molecule has 0 saturated carbocycles. The number of carbonyl (C=O) groups excluding carboxylic acids is 1. The zero-order valence-electron chi connectivity index (χ0n) is 12.9. The number of hydrogen-bond acceptors (Lipinski definition) is 5. The van der Waals surface area contributed by atoms with Crippen LogP contribution in [-0.2, 0) is 13.2 Å². The van der Waals surface area contributed by atoms with Crippen molar-refractivity contribution in [3.8, 4) is 0 Å². The summed E-state index contributed by atoms with van der Waals surface area (Å²) in [5.41, 5.74) is 2.28. The first-order valence-electron chi connectivity index (χ1n) is 7.80. The van der Waals surface area contributed by atoms with E-state index in [2.05, 4.69) is 15.3 Å². The molecule has 0 atom stereocenters. The Morgan fingerprint density at radius 1 is 1.22 bits per heavy atom. The van der Waals surface area contributed by atoms with Crippen LogP contribution in [0.25, 0.3) is 0 Å². The molecule has 3 rings (SSSR count). The van der Waals surface area contributed by atoms with Gasteiger partial charge in [-0.05, 0) is 24.0 Å². The van der Waals surface area contributed by atoms with Crippen LogP contribution >= 0.6 is 0 Å². The molecular weight excluding hydrogens is 292 g/mol. The van der Waals surface area contributed by atoms with Crippen molar-refractivity contribution in [3.05, 3.63) is 53.5 Å². The van der Waals surface area contributed by atoms with E-state index in [0.717, 1.165) is 37.1 Å². The maximum Gasteiger partial charge on any atom is 0.274 e. The Morgan fingerprint density at radius 2 is 2.00 bits per heavy atom. The standard InChI is InChI=1S/C17H20N4O2/c22-12-14-5-3-4-13(8-14)9-19-16-11-18-10-15(20-16)17(23)21-6-1-2-7-21/h3-5,8,10-11,22H,1-2,6-7,9,12H2,(H,19,20). The van der Waals surface area contributed by atoms with Crippen molar-refractivity contribution >= 4 is 11.7 Å². The van der Waals surface area contributed by atoms with Gasteiger partial charge in [-0.2, -0.15) is 0 Å². The van der Waals surface area contributed by atoms with Gasteiger partial charge in [0.25, 0.3) is 5.91 Å². The van der Waals surface area contributed by atoms with Crippen LogP contribution in [0.1, 0.15) is 34.5 Å². The van der Waals surface area contributed by atoms with E-state index >= 15 is 0 Å². The van der Waals surface area contributed by atoms with Gasteiger partial charge in [-0.25, -0.2) is 4.98 Å². The van der Waals surface area contributed by atoms with E-state index in [0.29, 0.717) is 18.1 Å². The molecule has 1 aromatic heterocycles. The molecule has 6 heteroatoms. The number of nitrogens with one attached hydrogen (secondary N) is 1. The summed E-state index contributed by atoms with van der Waals surface area (Å²) in [5, 5.41) is 12.3. The van der Waals surface area contributed by atoms with Crippen molar-refractivity contribution in [2.24, 2.45) is 0 Å². The number of anilines is 1. The topological polar surface area (TPSA) is 78.3 Å². The van der Waals surface area contributed by atoms with Crippen LogP contribution in [0.15, 0.2) is 36.7 Å². The molecular formula is C17H20N4O2. The quantitative estimate of drug-likeness (QED) is 0.880. The number of carbonyl (C=O) groups is 1. The maximum atomic E-state index is 12.3. The fraction of sp³-hybridized carbons (Fsp3) is 0.353. The molecule has 120 valence electrons. The van der Waals surface area contributed by atoms with Crippen molar-refractivity contribution in [1.82, 2.24) is 14.9 Å². The molecule has 1 aliphatic rings. The molecule has 1 aromatic carbocycles. The SMILES string of the molecule is O=C(c1cncc(NCc2cccc(CO)c2)n1)N1CCCC1. The number of benzene rings is 1. The minimum absolute atomic E-state index is 0.0213. The van der Waals surface area contributed by atoms with Gasteiger partial charge >= 0.3 is 0 Å². The lowest BCUT2D eigenvalue weighted by molar-refractivity contribution is 0.0786. The Hall–Kier alpha value is -2.47. The van der Waals surface area contributed by atoms with Gasteiger partial charge in [0.05, 0.1) is 19.0 Å². The highest BCUT2D eigenvalue weighted by Crippen LogP contribution is 2.13. The Bertz CT molecular complexity index is 684. The lowest BCUT2D eigenvalue weighted by atomic mass is 10.1. The van der Waals surface area contributed by atoms with Crippen LogP contribution < -0.4 is 5.32 Å². The lowest BCUT2D eigenvalue weighted by Crippen LogP contribution is -2.28. The Labute approximate surface area is 135 Å². The smallest absolute Gasteiger partial charge is 0.274 e. The summed E-state index contributed by atoms with van der Waals surface area (Å²) < 4.78 is 0. The van der Waals surface area contributed by atoms with Gasteiger partial charge in [0.15, 0.2) is 0 Å². The normalized spacial score (nSPS) is 14.0. The van der Waals surface area contributed by atoms with Crippen LogP contribution in [0.3, 0.4) is 0 Å². The Balaban J connectivity index is 1.66. The van der Waals surface area contributed by atoms with E-state index in [1.165, 1.54) is 6.20 Å². The molecule has 2 heterocycles. The summed E-state index contributed by atoms with van der Waals surface area (Å²) in [7, 11) is 0. The van der Waals surface area contributed by atoms with Gasteiger partial charge < -0.3 is 15.3 Å². The molecule has 1 fully saturated rings. The Morgan fingerprint density at radius 3 is 2.78 bits per heavy atom. The number of likely N-dealkylation sites (tertiary alicyclic amines) is 1. The van der Waals surface area contributed by atoms with E-state index < -0.39 is 0 Å². The fourth-order valence-electron chi connectivity index (χ4n) is 2.67. The molecule has 1 saturated heterocycles. The van der Waals surface area contributed by atoms with E-state index in [9.17, 15) is 4.79 Å². The summed E-state index contributed by atoms with van der Waals surface area (Å²) in [6, 6.07) is 7.68. The highest BCUT2D eigenvalue weighted by molar-refractivity contribution is 5.92. The van der Waals surface area contributed by atoms with Gasteiger partial charge in [-0.3, -0.25) is 9.78 Å². The van der Waals surface area contributed by atoms with Gasteiger partial charge in [0, 0.05) is 19.6 Å². The van der Waals surface area contributed by atoms with Crippen molar-refractivity contribution in [1.29, 1.82) is 0 Å². The average Bonchev–Trinajstić information content (AvgIpc) is 3.14. The highest BCUT2D eigenvalue weighted by atomic mass is 16.3. The second kappa shape index (κ2) is 7.19. The molecule has 1 aliphatic heterocycles. The molecule has 0 spiro atoms. The first-order chi connectivity index (χ1) is 11.3. The maximum absolute atomic E-state index is 12.3. The monoisotopic (exact) mass is 312 g/mol. The first-order valence-corrected chi connectivity index (χ1v) is 7.80. The molecule has 2 N–H and O–H groups in total. The average molecular weight is 312 g/mol. The number of rotatable bonds is 5. The number of amides is 1. The zero-order chi connectivity index (χ0) is 16.1. The predicted molar refractivity (Wildman–Crippen MR) is 86.9 cm³/mol. The second-order valence-electron chi connectivity index (χ2n) is 5.62. The van der Waals surface area contributed by atoms with Gasteiger partial charge in [-0.15, -0.1) is 0 Å². The molecule has 2 aromatic rings. The van der Waals surface area contributed by atoms with Crippen molar-refractivity contribution < 1.29 is 9.90 Å². The third kappa shape index (κ3) is 3.84. The fourth-order valence-corrected chi connectivity index (χ4v) is 2.67. The van der Waals surface area contributed by atoms with E-state index in [4.69, 9.17) is 5.11 Å². The molecule has 0 unspecified atom stereocenters. The molecule has 0 aliphatic carbocycles. The summed E-state index contributed by atoms with van der Waals surface area (Å²) >= 11 is 0. The lowest BCUT2D eigenvalue weighted by Gasteiger charge is -2.14. The highest BCUT2D eigenvalue weighted by Gasteiger charge is 2.20. The predicted octanol–water partition coefficient (Wildman–Crippen LogP) is 1.82. The largest absolute Gasteiger partial charge is 0.392 e. The van der Waals surface area contributed by atoms with Crippen LogP contribution in [-0.4, -0.2) is 39.0 Å². The summed E-state index contributed by atoms with van der Waals surface area (Å²) in [6.07, 6.45) is 5.23. The second-order valence-corrected chi connectivity index (χ2v) is 5.62. The van der Waals surface area contributed by atoms with E-state index in [1.807, 2.05) is 29.2 Å². The Kier molecular flexibility index (Phi) is 4.83. The third-order valence-electron chi connectivity index (χ3n) is 3.89. The summed E-state index contributed by atoms with van der Waals surface area (Å²) in [4.78, 5) is 22.6. The van der Waals surface area contributed by atoms with Crippen LogP contribution in [0.2, 0.25) is 0 Å². The minimum atomic E-state index is -0.0547. The molecule has 1 amide bonds. The summed E-state index contributed by atoms with van der Waals surface area (Å²) in [6.45, 7) is 2.18. The van der Waals surface area contributed by atoms with Gasteiger partial charge in [-0.1, -0.05) is 24.3 Å². The van der Waals surface area contributed by atoms with E-state index in [1.54, 1.807) is 6.20 Å². The van der Waals surface area contributed by atoms with Crippen molar-refractivity contribution in [2.75, 3.05) is 18.4 Å².